The molecule has 0 atom stereocenters. The quantitative estimate of drug-likeness (QED) is 0.704. The molecule has 2 aromatic heterocycles. The van der Waals surface area contributed by atoms with Gasteiger partial charge in [-0.05, 0) is 23.0 Å². The van der Waals surface area contributed by atoms with E-state index in [1.54, 1.807) is 11.3 Å². The van der Waals surface area contributed by atoms with Gasteiger partial charge in [0.25, 0.3) is 0 Å². The van der Waals surface area contributed by atoms with E-state index in [0.29, 0.717) is 5.82 Å². The Morgan fingerprint density at radius 1 is 1.33 bits per heavy atom. The second-order valence-corrected chi connectivity index (χ2v) is 3.34. The van der Waals surface area contributed by atoms with E-state index in [-0.39, 0.29) is 5.28 Å². The van der Waals surface area contributed by atoms with Crippen molar-refractivity contribution < 1.29 is 0 Å². The van der Waals surface area contributed by atoms with Gasteiger partial charge in [0, 0.05) is 0 Å². The molecule has 2 rings (SSSR count). The van der Waals surface area contributed by atoms with Crippen molar-refractivity contribution in [3.8, 4) is 10.7 Å². The highest BCUT2D eigenvalue weighted by Gasteiger charge is 2.01. The van der Waals surface area contributed by atoms with Gasteiger partial charge in [-0.2, -0.15) is 4.98 Å². The Bertz CT molecular complexity index is 374. The highest BCUT2D eigenvalue weighted by atomic mass is 35.5. The molecule has 60 valence electrons. The molecule has 3 nitrogen and oxygen atoms in total. The van der Waals surface area contributed by atoms with Crippen molar-refractivity contribution in [3.63, 3.8) is 0 Å². The van der Waals surface area contributed by atoms with Gasteiger partial charge in [0.2, 0.25) is 5.28 Å². The van der Waals surface area contributed by atoms with Crippen LogP contribution in [0.15, 0.2) is 23.8 Å². The smallest absolute Gasteiger partial charge is 0.216 e. The second kappa shape index (κ2) is 3.16. The van der Waals surface area contributed by atoms with Crippen LogP contribution in [0.25, 0.3) is 10.7 Å². The zero-order valence-electron chi connectivity index (χ0n) is 5.94. The maximum Gasteiger partial charge on any atom is 0.225 e. The molecule has 0 bridgehead atoms. The molecule has 0 aliphatic carbocycles. The Balaban J connectivity index is 2.48. The molecule has 12 heavy (non-hydrogen) atoms. The van der Waals surface area contributed by atoms with E-state index in [0.717, 1.165) is 4.88 Å². The van der Waals surface area contributed by atoms with Crippen molar-refractivity contribution in [2.45, 2.75) is 0 Å². The highest BCUT2D eigenvalue weighted by molar-refractivity contribution is 7.13. The highest BCUT2D eigenvalue weighted by Crippen LogP contribution is 2.20. The van der Waals surface area contributed by atoms with Crippen molar-refractivity contribution in [3.05, 3.63) is 29.1 Å². The summed E-state index contributed by atoms with van der Waals surface area (Å²) >= 11 is 7.18. The third-order valence-corrected chi connectivity index (χ3v) is 2.33. The summed E-state index contributed by atoms with van der Waals surface area (Å²) in [5.41, 5.74) is 0. The summed E-state index contributed by atoms with van der Waals surface area (Å²) in [7, 11) is 0. The van der Waals surface area contributed by atoms with Crippen LogP contribution in [0.3, 0.4) is 0 Å². The van der Waals surface area contributed by atoms with Crippen LogP contribution in [0.4, 0.5) is 0 Å². The molecule has 2 aromatic rings. The molecular formula is C7H4ClN3S. The van der Waals surface area contributed by atoms with Crippen LogP contribution < -0.4 is 0 Å². The lowest BCUT2D eigenvalue weighted by atomic mass is 10.4. The van der Waals surface area contributed by atoms with Gasteiger partial charge in [-0.1, -0.05) is 6.07 Å². The van der Waals surface area contributed by atoms with Crippen LogP contribution in [0.5, 0.6) is 0 Å². The molecule has 0 aromatic carbocycles. The number of nitrogens with zero attached hydrogens (tertiary/aromatic N) is 3. The van der Waals surface area contributed by atoms with Crippen molar-refractivity contribution in [2.24, 2.45) is 0 Å². The molecule has 0 saturated carbocycles. The molecule has 2 heterocycles. The van der Waals surface area contributed by atoms with E-state index >= 15 is 0 Å². The predicted octanol–water partition coefficient (Wildman–Crippen LogP) is 2.25. The van der Waals surface area contributed by atoms with E-state index in [2.05, 4.69) is 15.0 Å². The maximum atomic E-state index is 5.60. The summed E-state index contributed by atoms with van der Waals surface area (Å²) < 4.78 is 0. The van der Waals surface area contributed by atoms with Crippen LogP contribution in [0, 0.1) is 0 Å². The van der Waals surface area contributed by atoms with Crippen LogP contribution in [-0.2, 0) is 0 Å². The Labute approximate surface area is 78.1 Å². The number of hydrogen-bond acceptors (Lipinski definition) is 4. The zero-order valence-corrected chi connectivity index (χ0v) is 7.51. The molecule has 0 radical (unpaired) electrons. The van der Waals surface area contributed by atoms with Crippen molar-refractivity contribution in [2.75, 3.05) is 0 Å². The number of hydrogen-bond donors (Lipinski definition) is 0. The lowest BCUT2D eigenvalue weighted by Crippen LogP contribution is -1.88. The first-order valence-corrected chi connectivity index (χ1v) is 4.50. The second-order valence-electron chi connectivity index (χ2n) is 2.06. The molecule has 5 heteroatoms. The molecule has 0 saturated heterocycles. The first-order chi connectivity index (χ1) is 5.86. The molecular weight excluding hydrogens is 194 g/mol. The monoisotopic (exact) mass is 197 g/mol. The van der Waals surface area contributed by atoms with Crippen molar-refractivity contribution in [1.82, 2.24) is 15.0 Å². The van der Waals surface area contributed by atoms with E-state index in [4.69, 9.17) is 11.6 Å². The van der Waals surface area contributed by atoms with Gasteiger partial charge in [0.1, 0.15) is 6.33 Å². The summed E-state index contributed by atoms with van der Waals surface area (Å²) in [5.74, 6) is 0.630. The molecule has 0 fully saturated rings. The van der Waals surface area contributed by atoms with E-state index in [1.807, 2.05) is 17.5 Å². The van der Waals surface area contributed by atoms with E-state index in [1.165, 1.54) is 6.33 Å². The topological polar surface area (TPSA) is 38.7 Å². The van der Waals surface area contributed by atoms with Crippen LogP contribution in [0.2, 0.25) is 5.28 Å². The minimum Gasteiger partial charge on any atom is -0.216 e. The average molecular weight is 198 g/mol. The van der Waals surface area contributed by atoms with Gasteiger partial charge in [0.05, 0.1) is 4.88 Å². The van der Waals surface area contributed by atoms with Crippen LogP contribution >= 0.6 is 22.9 Å². The summed E-state index contributed by atoms with van der Waals surface area (Å²) in [6.07, 6.45) is 1.41. The minimum atomic E-state index is 0.230. The molecule has 0 unspecified atom stereocenters. The fraction of sp³-hybridized carbons (Fsp3) is 0. The van der Waals surface area contributed by atoms with E-state index in [9.17, 15) is 0 Å². The number of rotatable bonds is 1. The first kappa shape index (κ1) is 7.64. The number of thiophene rings is 1. The maximum absolute atomic E-state index is 5.60. The lowest BCUT2D eigenvalue weighted by Gasteiger charge is -1.93. The molecule has 0 spiro atoms. The van der Waals surface area contributed by atoms with Crippen LogP contribution in [0.1, 0.15) is 0 Å². The SMILES string of the molecule is Clc1ncnc(-c2cccs2)n1. The third-order valence-electron chi connectivity index (χ3n) is 1.28. The normalized spacial score (nSPS) is 10.1. The molecule has 0 amide bonds. The van der Waals surface area contributed by atoms with E-state index < -0.39 is 0 Å². The third kappa shape index (κ3) is 1.44. The predicted molar refractivity (Wildman–Crippen MR) is 48.2 cm³/mol. The fourth-order valence-corrected chi connectivity index (χ4v) is 1.59. The zero-order chi connectivity index (χ0) is 8.39. The summed E-state index contributed by atoms with van der Waals surface area (Å²) in [4.78, 5) is 12.7. The summed E-state index contributed by atoms with van der Waals surface area (Å²) in [5, 5.41) is 2.20. The summed E-state index contributed by atoms with van der Waals surface area (Å²) in [6, 6.07) is 3.88. The minimum absolute atomic E-state index is 0.230. The average Bonchev–Trinajstić information content (AvgIpc) is 2.56. The largest absolute Gasteiger partial charge is 0.225 e. The van der Waals surface area contributed by atoms with Crippen molar-refractivity contribution in [1.29, 1.82) is 0 Å². The Kier molecular flexibility index (Phi) is 2.01. The number of halogens is 1. The number of aromatic nitrogens is 3. The molecule has 0 N–H and O–H groups in total. The Hall–Kier alpha value is -1.00. The first-order valence-electron chi connectivity index (χ1n) is 3.24. The van der Waals surface area contributed by atoms with Gasteiger partial charge >= 0.3 is 0 Å². The fourth-order valence-electron chi connectivity index (χ4n) is 0.801. The summed E-state index contributed by atoms with van der Waals surface area (Å²) in [6.45, 7) is 0. The Morgan fingerprint density at radius 3 is 2.92 bits per heavy atom. The van der Waals surface area contributed by atoms with Gasteiger partial charge in [-0.15, -0.1) is 11.3 Å². The Morgan fingerprint density at radius 2 is 2.25 bits per heavy atom. The lowest BCUT2D eigenvalue weighted by molar-refractivity contribution is 1.06. The van der Waals surface area contributed by atoms with Crippen molar-refractivity contribution >= 4 is 22.9 Å². The van der Waals surface area contributed by atoms with Gasteiger partial charge in [0.15, 0.2) is 5.82 Å². The van der Waals surface area contributed by atoms with Gasteiger partial charge in [-0.25, -0.2) is 9.97 Å². The van der Waals surface area contributed by atoms with Gasteiger partial charge < -0.3 is 0 Å². The van der Waals surface area contributed by atoms with Crippen LogP contribution in [-0.4, -0.2) is 15.0 Å². The molecule has 0 aliphatic heterocycles. The molecule has 0 aliphatic rings. The standard InChI is InChI=1S/C7H4ClN3S/c8-7-10-4-9-6(11-7)5-2-1-3-12-5/h1-4H. The van der Waals surface area contributed by atoms with Gasteiger partial charge in [-0.3, -0.25) is 0 Å².